The van der Waals surface area contributed by atoms with Gasteiger partial charge >= 0.3 is 0 Å². The van der Waals surface area contributed by atoms with Crippen molar-refractivity contribution in [3.8, 4) is 5.75 Å². The van der Waals surface area contributed by atoms with E-state index in [0.29, 0.717) is 6.42 Å². The van der Waals surface area contributed by atoms with Crippen LogP contribution in [0.1, 0.15) is 43.5 Å². The number of hydrogen-bond acceptors (Lipinski definition) is 2. The van der Waals surface area contributed by atoms with Crippen molar-refractivity contribution in [1.29, 1.82) is 0 Å². The Morgan fingerprint density at radius 2 is 2.24 bits per heavy atom. The molecule has 0 aliphatic carbocycles. The van der Waals surface area contributed by atoms with Crippen molar-refractivity contribution in [2.45, 2.75) is 39.2 Å². The number of carbonyl (C=O) groups is 1. The third kappa shape index (κ3) is 4.85. The molecule has 0 saturated carbocycles. The molecule has 92 valence electrons. The number of carbonyl (C=O) groups excluding carboxylic acids is 1. The number of benzene rings is 1. The van der Waals surface area contributed by atoms with Gasteiger partial charge in [0, 0.05) is 12.0 Å². The maximum absolute atomic E-state index is 11.9. The van der Waals surface area contributed by atoms with Gasteiger partial charge in [-0.3, -0.25) is 4.79 Å². The van der Waals surface area contributed by atoms with Gasteiger partial charge in [0.25, 0.3) is 0 Å². The molecule has 0 unspecified atom stereocenters. The normalized spacial score (nSPS) is 10.3. The van der Waals surface area contributed by atoms with Crippen LogP contribution in [0, 0.1) is 0 Å². The first-order valence-corrected chi connectivity index (χ1v) is 6.04. The lowest BCUT2D eigenvalue weighted by atomic mass is 10.1. The molecular formula is C15H20O2. The van der Waals surface area contributed by atoms with E-state index in [4.69, 9.17) is 4.74 Å². The van der Waals surface area contributed by atoms with Gasteiger partial charge in [0.1, 0.15) is 5.75 Å². The van der Waals surface area contributed by atoms with Crippen molar-refractivity contribution in [3.05, 3.63) is 42.5 Å². The van der Waals surface area contributed by atoms with Crippen LogP contribution >= 0.6 is 0 Å². The summed E-state index contributed by atoms with van der Waals surface area (Å²) < 4.78 is 5.56. The highest BCUT2D eigenvalue weighted by Gasteiger charge is 2.06. The van der Waals surface area contributed by atoms with Gasteiger partial charge in [0.15, 0.2) is 5.78 Å². The Labute approximate surface area is 103 Å². The van der Waals surface area contributed by atoms with Crippen LogP contribution in [-0.2, 0) is 0 Å². The van der Waals surface area contributed by atoms with E-state index < -0.39 is 0 Å². The van der Waals surface area contributed by atoms with Crippen LogP contribution in [0.2, 0.25) is 0 Å². The Balaban J connectivity index is 2.63. The topological polar surface area (TPSA) is 26.3 Å². The largest absolute Gasteiger partial charge is 0.491 e. The van der Waals surface area contributed by atoms with Gasteiger partial charge in [0.05, 0.1) is 6.10 Å². The lowest BCUT2D eigenvalue weighted by Gasteiger charge is -2.10. The number of ketones is 1. The molecule has 0 fully saturated rings. The molecule has 0 spiro atoms. The second-order valence-corrected chi connectivity index (χ2v) is 4.30. The molecule has 1 aromatic carbocycles. The number of rotatable bonds is 7. The van der Waals surface area contributed by atoms with Crippen molar-refractivity contribution in [1.82, 2.24) is 0 Å². The fourth-order valence-corrected chi connectivity index (χ4v) is 1.57. The lowest BCUT2D eigenvalue weighted by molar-refractivity contribution is 0.0979. The predicted octanol–water partition coefficient (Wildman–Crippen LogP) is 4.01. The van der Waals surface area contributed by atoms with Crippen molar-refractivity contribution >= 4 is 5.78 Å². The number of unbranched alkanes of at least 4 members (excludes halogenated alkanes) is 1. The summed E-state index contributed by atoms with van der Waals surface area (Å²) in [5.74, 6) is 0.927. The van der Waals surface area contributed by atoms with Crippen LogP contribution in [0.3, 0.4) is 0 Å². The lowest BCUT2D eigenvalue weighted by Crippen LogP contribution is -2.06. The molecule has 0 N–H and O–H groups in total. The molecule has 0 aromatic heterocycles. The minimum Gasteiger partial charge on any atom is -0.491 e. The Morgan fingerprint density at radius 3 is 2.88 bits per heavy atom. The molecule has 1 aromatic rings. The molecule has 0 atom stereocenters. The molecule has 0 aliphatic rings. The van der Waals surface area contributed by atoms with Gasteiger partial charge in [-0.05, 0) is 38.8 Å². The van der Waals surface area contributed by atoms with Crippen molar-refractivity contribution < 1.29 is 9.53 Å². The zero-order valence-corrected chi connectivity index (χ0v) is 10.6. The molecule has 0 bridgehead atoms. The third-order valence-electron chi connectivity index (χ3n) is 2.34. The highest BCUT2D eigenvalue weighted by Crippen LogP contribution is 2.17. The van der Waals surface area contributed by atoms with Crippen LogP contribution in [0.4, 0.5) is 0 Å². The van der Waals surface area contributed by atoms with E-state index in [9.17, 15) is 4.79 Å². The van der Waals surface area contributed by atoms with Gasteiger partial charge < -0.3 is 4.74 Å². The Kier molecular flexibility index (Phi) is 5.47. The van der Waals surface area contributed by atoms with Crippen LogP contribution in [0.25, 0.3) is 0 Å². The van der Waals surface area contributed by atoms with Gasteiger partial charge in [0.2, 0.25) is 0 Å². The van der Waals surface area contributed by atoms with Gasteiger partial charge in [-0.2, -0.15) is 0 Å². The summed E-state index contributed by atoms with van der Waals surface area (Å²) in [6.45, 7) is 7.59. The Hall–Kier alpha value is -1.57. The van der Waals surface area contributed by atoms with E-state index in [1.165, 1.54) is 0 Å². The van der Waals surface area contributed by atoms with E-state index in [2.05, 4.69) is 6.58 Å². The van der Waals surface area contributed by atoms with E-state index in [-0.39, 0.29) is 11.9 Å². The zero-order valence-electron chi connectivity index (χ0n) is 10.6. The second kappa shape index (κ2) is 6.89. The van der Waals surface area contributed by atoms with E-state index >= 15 is 0 Å². The summed E-state index contributed by atoms with van der Waals surface area (Å²) >= 11 is 0. The standard InChI is InChI=1S/C15H20O2/c1-4-5-6-10-15(16)13-8-7-9-14(11-13)17-12(2)3/h4,7-9,11-12H,1,5-6,10H2,2-3H3. The first kappa shape index (κ1) is 13.5. The Bertz CT molecular complexity index is 380. The van der Waals surface area contributed by atoms with Gasteiger partial charge in [-0.25, -0.2) is 0 Å². The molecule has 0 amide bonds. The monoisotopic (exact) mass is 232 g/mol. The molecule has 0 saturated heterocycles. The minimum absolute atomic E-state index is 0.126. The molecule has 2 nitrogen and oxygen atoms in total. The van der Waals surface area contributed by atoms with Crippen LogP contribution in [0.15, 0.2) is 36.9 Å². The van der Waals surface area contributed by atoms with Gasteiger partial charge in [-0.1, -0.05) is 18.2 Å². The molecule has 0 heterocycles. The second-order valence-electron chi connectivity index (χ2n) is 4.30. The number of allylic oxidation sites excluding steroid dienone is 1. The van der Waals surface area contributed by atoms with Crippen molar-refractivity contribution in [3.63, 3.8) is 0 Å². The quantitative estimate of drug-likeness (QED) is 0.403. The van der Waals surface area contributed by atoms with Crippen LogP contribution in [-0.4, -0.2) is 11.9 Å². The smallest absolute Gasteiger partial charge is 0.163 e. The van der Waals surface area contributed by atoms with Crippen molar-refractivity contribution in [2.75, 3.05) is 0 Å². The average molecular weight is 232 g/mol. The first-order chi connectivity index (χ1) is 8.13. The fourth-order valence-electron chi connectivity index (χ4n) is 1.57. The highest BCUT2D eigenvalue weighted by molar-refractivity contribution is 5.96. The van der Waals surface area contributed by atoms with E-state index in [1.807, 2.05) is 44.2 Å². The molecule has 2 heteroatoms. The summed E-state index contributed by atoms with van der Waals surface area (Å²) in [6.07, 6.45) is 4.27. The van der Waals surface area contributed by atoms with Crippen molar-refractivity contribution in [2.24, 2.45) is 0 Å². The maximum atomic E-state index is 11.9. The molecule has 17 heavy (non-hydrogen) atoms. The summed E-state index contributed by atoms with van der Waals surface area (Å²) in [5, 5.41) is 0. The molecule has 0 radical (unpaired) electrons. The zero-order chi connectivity index (χ0) is 12.7. The summed E-state index contributed by atoms with van der Waals surface area (Å²) in [4.78, 5) is 11.9. The number of hydrogen-bond donors (Lipinski definition) is 0. The summed E-state index contributed by atoms with van der Waals surface area (Å²) in [5.41, 5.74) is 0.729. The molecule has 0 aliphatic heterocycles. The summed E-state index contributed by atoms with van der Waals surface area (Å²) in [7, 11) is 0. The Morgan fingerprint density at radius 1 is 1.47 bits per heavy atom. The maximum Gasteiger partial charge on any atom is 0.163 e. The highest BCUT2D eigenvalue weighted by atomic mass is 16.5. The fraction of sp³-hybridized carbons (Fsp3) is 0.400. The molecule has 1 rings (SSSR count). The third-order valence-corrected chi connectivity index (χ3v) is 2.34. The molecular weight excluding hydrogens is 212 g/mol. The number of Topliss-reactive ketones (excluding diaryl/α,β-unsaturated/α-hetero) is 1. The average Bonchev–Trinajstić information content (AvgIpc) is 2.28. The minimum atomic E-state index is 0.126. The van der Waals surface area contributed by atoms with Crippen LogP contribution < -0.4 is 4.74 Å². The number of ether oxygens (including phenoxy) is 1. The SMILES string of the molecule is C=CCCCC(=O)c1cccc(OC(C)C)c1. The predicted molar refractivity (Wildman–Crippen MR) is 70.6 cm³/mol. The van der Waals surface area contributed by atoms with E-state index in [1.54, 1.807) is 0 Å². The van der Waals surface area contributed by atoms with E-state index in [0.717, 1.165) is 24.2 Å². The summed E-state index contributed by atoms with van der Waals surface area (Å²) in [6, 6.07) is 7.39. The van der Waals surface area contributed by atoms with Crippen LogP contribution in [0.5, 0.6) is 5.75 Å². The first-order valence-electron chi connectivity index (χ1n) is 6.04. The van der Waals surface area contributed by atoms with Gasteiger partial charge in [-0.15, -0.1) is 6.58 Å².